The summed E-state index contributed by atoms with van der Waals surface area (Å²) in [6.45, 7) is 0.425. The fourth-order valence-electron chi connectivity index (χ4n) is 1.56. The number of nitroso groups, excluding NO2 is 1. The van der Waals surface area contributed by atoms with Crippen molar-refractivity contribution in [3.63, 3.8) is 0 Å². The molecule has 1 aliphatic rings. The summed E-state index contributed by atoms with van der Waals surface area (Å²) in [7, 11) is 1.56. The van der Waals surface area contributed by atoms with Gasteiger partial charge in [-0.3, -0.25) is 0 Å². The van der Waals surface area contributed by atoms with E-state index < -0.39 is 6.23 Å². The molecule has 1 aromatic carbocycles. The Morgan fingerprint density at radius 2 is 2.40 bits per heavy atom. The average Bonchev–Trinajstić information content (AvgIpc) is 2.56. The molecule has 5 nitrogen and oxygen atoms in total. The zero-order chi connectivity index (χ0) is 10.8. The van der Waals surface area contributed by atoms with E-state index >= 15 is 0 Å². The third-order valence-electron chi connectivity index (χ3n) is 2.34. The van der Waals surface area contributed by atoms with Crippen molar-refractivity contribution in [1.82, 2.24) is 0 Å². The van der Waals surface area contributed by atoms with Crippen LogP contribution in [0, 0.1) is 4.91 Å². The van der Waals surface area contributed by atoms with E-state index in [1.165, 1.54) is 0 Å². The van der Waals surface area contributed by atoms with Crippen molar-refractivity contribution in [2.24, 2.45) is 5.73 Å². The zero-order valence-electron chi connectivity index (χ0n) is 8.47. The van der Waals surface area contributed by atoms with Crippen LogP contribution in [-0.4, -0.2) is 24.6 Å². The van der Waals surface area contributed by atoms with Gasteiger partial charge in [-0.05, 0) is 12.1 Å². The van der Waals surface area contributed by atoms with E-state index in [-0.39, 0.29) is 0 Å². The van der Waals surface area contributed by atoms with Gasteiger partial charge in [0.05, 0.1) is 24.4 Å². The Morgan fingerprint density at radius 1 is 1.60 bits per heavy atom. The van der Waals surface area contributed by atoms with Gasteiger partial charge >= 0.3 is 11.9 Å². The van der Waals surface area contributed by atoms with Crippen molar-refractivity contribution in [2.75, 3.05) is 13.7 Å². The second-order valence-electron chi connectivity index (χ2n) is 3.31. The number of nitrogens with zero attached hydrogens (tertiary/aromatic N) is 1. The van der Waals surface area contributed by atoms with Crippen LogP contribution in [0.15, 0.2) is 18.2 Å². The Morgan fingerprint density at radius 3 is 3.07 bits per heavy atom. The van der Waals surface area contributed by atoms with Crippen molar-refractivity contribution >= 4 is 5.69 Å². The van der Waals surface area contributed by atoms with Gasteiger partial charge in [0.25, 0.3) is 0 Å². The second kappa shape index (κ2) is 3.86. The first-order valence-corrected chi connectivity index (χ1v) is 4.77. The summed E-state index contributed by atoms with van der Waals surface area (Å²) < 4.78 is 11.3. The Balaban J connectivity index is 2.29. The first-order chi connectivity index (χ1) is 7.26. The molecule has 0 amide bonds. The maximum Gasteiger partial charge on any atom is 0.351 e. The first kappa shape index (κ1) is 9.92. The number of nitrogens with two attached hydrogens (primary N) is 1. The third-order valence-corrected chi connectivity index (χ3v) is 2.34. The van der Waals surface area contributed by atoms with Crippen LogP contribution in [0.25, 0.3) is 0 Å². The molecule has 1 aromatic rings. The van der Waals surface area contributed by atoms with Crippen LogP contribution in [0.5, 0.6) is 11.5 Å². The summed E-state index contributed by atoms with van der Waals surface area (Å²) in [5.41, 5.74) is 5.90. The minimum atomic E-state index is -0.503. The lowest BCUT2D eigenvalue weighted by molar-refractivity contribution is -0.529. The molecule has 1 atom stereocenters. The van der Waals surface area contributed by atoms with Crippen LogP contribution >= 0.6 is 0 Å². The van der Waals surface area contributed by atoms with Crippen LogP contribution in [0.2, 0.25) is 0 Å². The normalized spacial score (nSPS) is 18.5. The highest BCUT2D eigenvalue weighted by Gasteiger charge is 2.40. The highest BCUT2D eigenvalue weighted by molar-refractivity contribution is 5.52. The average molecular weight is 209 g/mol. The number of rotatable bonds is 3. The van der Waals surface area contributed by atoms with Gasteiger partial charge < -0.3 is 15.2 Å². The molecule has 0 spiro atoms. The Labute approximate surface area is 87.4 Å². The molecule has 2 N–H and O–H groups in total. The van der Waals surface area contributed by atoms with Gasteiger partial charge in [-0.1, -0.05) is 0 Å². The smallest absolute Gasteiger partial charge is 0.351 e. The molecule has 0 bridgehead atoms. The summed E-state index contributed by atoms with van der Waals surface area (Å²) in [6.07, 6.45) is 0.0117. The molecule has 0 radical (unpaired) electrons. The van der Waals surface area contributed by atoms with E-state index in [0.717, 1.165) is 4.76 Å². The molecule has 1 heterocycles. The molecule has 1 aliphatic heterocycles. The van der Waals surface area contributed by atoms with Gasteiger partial charge in [-0.25, -0.2) is 0 Å². The van der Waals surface area contributed by atoms with Crippen molar-refractivity contribution in [1.29, 1.82) is 0 Å². The lowest BCUT2D eigenvalue weighted by atomic mass is 10.3. The minimum Gasteiger partial charge on any atom is -0.496 e. The molecule has 0 fully saturated rings. The quantitative estimate of drug-likeness (QED) is 0.759. The highest BCUT2D eigenvalue weighted by atomic mass is 16.5. The zero-order valence-corrected chi connectivity index (χ0v) is 8.47. The van der Waals surface area contributed by atoms with Gasteiger partial charge in [0, 0.05) is 11.5 Å². The highest BCUT2D eigenvalue weighted by Crippen LogP contribution is 2.38. The molecule has 80 valence electrons. The predicted octanol–water partition coefficient (Wildman–Crippen LogP) is 1.17. The molecular weight excluding hydrogens is 196 g/mol. The van der Waals surface area contributed by atoms with E-state index in [1.807, 2.05) is 0 Å². The minimum absolute atomic E-state index is 0.425. The van der Waals surface area contributed by atoms with Crippen LogP contribution in [0.3, 0.4) is 0 Å². The van der Waals surface area contributed by atoms with Crippen molar-refractivity contribution in [3.05, 3.63) is 23.1 Å². The topological polar surface area (TPSA) is 64.6 Å². The van der Waals surface area contributed by atoms with E-state index in [9.17, 15) is 4.91 Å². The van der Waals surface area contributed by atoms with E-state index in [0.29, 0.717) is 30.2 Å². The molecule has 0 saturated heterocycles. The lowest BCUT2D eigenvalue weighted by Crippen LogP contribution is -2.24. The van der Waals surface area contributed by atoms with Crippen LogP contribution in [0.1, 0.15) is 6.42 Å². The van der Waals surface area contributed by atoms with Crippen LogP contribution < -0.4 is 15.2 Å². The molecule has 2 rings (SSSR count). The van der Waals surface area contributed by atoms with Crippen molar-refractivity contribution < 1.29 is 14.2 Å². The first-order valence-electron chi connectivity index (χ1n) is 4.77. The van der Waals surface area contributed by atoms with Crippen molar-refractivity contribution in [2.45, 2.75) is 12.6 Å². The maximum absolute atomic E-state index is 11.7. The predicted molar refractivity (Wildman–Crippen MR) is 54.4 cm³/mol. The molecule has 15 heavy (non-hydrogen) atoms. The van der Waals surface area contributed by atoms with Crippen LogP contribution in [0.4, 0.5) is 5.69 Å². The summed E-state index contributed by atoms with van der Waals surface area (Å²) in [5, 5.41) is 0. The van der Waals surface area contributed by atoms with Gasteiger partial charge in [-0.2, -0.15) is 0 Å². The molecular formula is C10H13N2O3+. The number of hydrogen-bond acceptors (Lipinski definition) is 4. The lowest BCUT2D eigenvalue weighted by Gasteiger charge is -1.98. The number of ether oxygens (including phenoxy) is 2. The third kappa shape index (κ3) is 1.66. The van der Waals surface area contributed by atoms with E-state index in [4.69, 9.17) is 15.2 Å². The maximum atomic E-state index is 11.7. The summed E-state index contributed by atoms with van der Waals surface area (Å²) in [4.78, 5) is 11.7. The molecule has 5 heteroatoms. The van der Waals surface area contributed by atoms with E-state index in [2.05, 4.69) is 0 Å². The largest absolute Gasteiger partial charge is 0.496 e. The number of benzene rings is 1. The van der Waals surface area contributed by atoms with Crippen molar-refractivity contribution in [3.8, 4) is 11.5 Å². The van der Waals surface area contributed by atoms with Gasteiger partial charge in [0.15, 0.2) is 0 Å². The summed E-state index contributed by atoms with van der Waals surface area (Å²) in [6, 6.07) is 5.16. The van der Waals surface area contributed by atoms with Gasteiger partial charge in [0.2, 0.25) is 5.75 Å². The monoisotopic (exact) mass is 209 g/mol. The molecule has 0 saturated carbocycles. The molecule has 1 unspecified atom stereocenters. The van der Waals surface area contributed by atoms with Gasteiger partial charge in [0.1, 0.15) is 5.75 Å². The number of fused-ring (bicyclic) bond motifs is 1. The Kier molecular flexibility index (Phi) is 2.55. The SMILES string of the molecule is COc1ccc2c(c1)[N+](=O)C(CCN)O2. The fourth-order valence-corrected chi connectivity index (χ4v) is 1.56. The molecule has 0 aromatic heterocycles. The van der Waals surface area contributed by atoms with E-state index in [1.54, 1.807) is 25.3 Å². The molecule has 0 aliphatic carbocycles. The number of hydrogen-bond donors (Lipinski definition) is 1. The Hall–Kier alpha value is -1.62. The number of methoxy groups -OCH3 is 1. The second-order valence-corrected chi connectivity index (χ2v) is 3.31. The fraction of sp³-hybridized carbons (Fsp3) is 0.400. The Bertz CT molecular complexity index is 392. The van der Waals surface area contributed by atoms with Crippen LogP contribution in [-0.2, 0) is 0 Å². The standard InChI is InChI=1S/C10H13N2O3/c1-14-7-2-3-9-8(6-7)12(13)10(15-9)4-5-11/h2-3,6,10H,4-5,11H2,1H3/q+1. The summed E-state index contributed by atoms with van der Waals surface area (Å²) >= 11 is 0. The van der Waals surface area contributed by atoms with Gasteiger partial charge in [-0.15, -0.1) is 0 Å². The summed E-state index contributed by atoms with van der Waals surface area (Å²) in [5.74, 6) is 1.23.